The molecular formula is C11H12FN5. The summed E-state index contributed by atoms with van der Waals surface area (Å²) in [4.78, 5) is 0. The van der Waals surface area contributed by atoms with Gasteiger partial charge in [0.15, 0.2) is 0 Å². The highest BCUT2D eigenvalue weighted by Crippen LogP contribution is 2.26. The second-order valence-electron chi connectivity index (χ2n) is 4.19. The van der Waals surface area contributed by atoms with Crippen molar-refractivity contribution in [2.24, 2.45) is 0 Å². The molecule has 88 valence electrons. The van der Waals surface area contributed by atoms with E-state index in [9.17, 15) is 4.39 Å². The van der Waals surface area contributed by atoms with Gasteiger partial charge in [-0.3, -0.25) is 0 Å². The molecule has 0 spiro atoms. The van der Waals surface area contributed by atoms with Gasteiger partial charge in [-0.05, 0) is 47.9 Å². The highest BCUT2D eigenvalue weighted by atomic mass is 19.1. The van der Waals surface area contributed by atoms with Crippen LogP contribution in [0.1, 0.15) is 19.3 Å². The minimum Gasteiger partial charge on any atom is -0.380 e. The number of rotatable bonds is 3. The van der Waals surface area contributed by atoms with Gasteiger partial charge in [0.05, 0.1) is 11.4 Å². The first-order valence-corrected chi connectivity index (χ1v) is 5.62. The SMILES string of the molecule is Fc1ccc(-n2cnnn2)cc1NC1CCC1. The van der Waals surface area contributed by atoms with Crippen LogP contribution in [0.25, 0.3) is 5.69 Å². The zero-order chi connectivity index (χ0) is 11.7. The second kappa shape index (κ2) is 4.12. The lowest BCUT2D eigenvalue weighted by Crippen LogP contribution is -2.27. The molecule has 3 rings (SSSR count). The molecule has 2 aromatic rings. The van der Waals surface area contributed by atoms with E-state index in [1.807, 2.05) is 0 Å². The smallest absolute Gasteiger partial charge is 0.146 e. The van der Waals surface area contributed by atoms with Crippen LogP contribution in [-0.4, -0.2) is 26.2 Å². The minimum absolute atomic E-state index is 0.242. The number of anilines is 1. The molecule has 1 aliphatic rings. The summed E-state index contributed by atoms with van der Waals surface area (Å²) in [5, 5.41) is 14.1. The molecule has 0 atom stereocenters. The van der Waals surface area contributed by atoms with Crippen molar-refractivity contribution in [1.82, 2.24) is 20.2 Å². The van der Waals surface area contributed by atoms with E-state index in [1.54, 1.807) is 12.1 Å². The standard InChI is InChI=1S/C11H12FN5/c12-10-5-4-9(17-7-13-15-16-17)6-11(10)14-8-2-1-3-8/h4-8,14H,1-3H2. The van der Waals surface area contributed by atoms with Gasteiger partial charge < -0.3 is 5.32 Å². The molecule has 1 saturated carbocycles. The molecule has 1 heterocycles. The third-order valence-corrected chi connectivity index (χ3v) is 3.03. The third-order valence-electron chi connectivity index (χ3n) is 3.03. The molecule has 0 amide bonds. The number of halogens is 1. The Morgan fingerprint density at radius 1 is 1.35 bits per heavy atom. The first kappa shape index (κ1) is 10.2. The lowest BCUT2D eigenvalue weighted by atomic mass is 9.93. The topological polar surface area (TPSA) is 55.6 Å². The van der Waals surface area contributed by atoms with E-state index < -0.39 is 0 Å². The van der Waals surface area contributed by atoms with Gasteiger partial charge in [-0.1, -0.05) is 0 Å². The van der Waals surface area contributed by atoms with Crippen LogP contribution in [0.5, 0.6) is 0 Å². The fourth-order valence-corrected chi connectivity index (χ4v) is 1.82. The number of hydrogen-bond donors (Lipinski definition) is 1. The van der Waals surface area contributed by atoms with Gasteiger partial charge in [0.1, 0.15) is 12.1 Å². The van der Waals surface area contributed by atoms with Gasteiger partial charge in [-0.25, -0.2) is 9.07 Å². The fraction of sp³-hybridized carbons (Fsp3) is 0.364. The van der Waals surface area contributed by atoms with Crippen molar-refractivity contribution < 1.29 is 4.39 Å². The summed E-state index contributed by atoms with van der Waals surface area (Å²) in [6.45, 7) is 0. The van der Waals surface area contributed by atoms with E-state index in [1.165, 1.54) is 23.5 Å². The Morgan fingerprint density at radius 3 is 2.88 bits per heavy atom. The maximum absolute atomic E-state index is 13.6. The summed E-state index contributed by atoms with van der Waals surface area (Å²) >= 11 is 0. The Hall–Kier alpha value is -1.98. The Balaban J connectivity index is 1.89. The fourth-order valence-electron chi connectivity index (χ4n) is 1.82. The summed E-state index contributed by atoms with van der Waals surface area (Å²) in [6, 6.07) is 5.20. The van der Waals surface area contributed by atoms with Gasteiger partial charge in [0.25, 0.3) is 0 Å². The Labute approximate surface area is 97.6 Å². The lowest BCUT2D eigenvalue weighted by molar-refractivity contribution is 0.443. The first-order chi connectivity index (χ1) is 8.33. The maximum Gasteiger partial charge on any atom is 0.146 e. The predicted molar refractivity (Wildman–Crippen MR) is 60.4 cm³/mol. The Morgan fingerprint density at radius 2 is 2.24 bits per heavy atom. The van der Waals surface area contributed by atoms with E-state index in [0.717, 1.165) is 18.5 Å². The van der Waals surface area contributed by atoms with Gasteiger partial charge in [0.2, 0.25) is 0 Å². The van der Waals surface area contributed by atoms with Crippen LogP contribution >= 0.6 is 0 Å². The predicted octanol–water partition coefficient (Wildman–Crippen LogP) is 1.77. The Bertz CT molecular complexity index is 507. The molecule has 1 N–H and O–H groups in total. The molecule has 0 unspecified atom stereocenters. The van der Waals surface area contributed by atoms with Crippen LogP contribution in [0.2, 0.25) is 0 Å². The third kappa shape index (κ3) is 1.98. The molecule has 6 heteroatoms. The highest BCUT2D eigenvalue weighted by Gasteiger charge is 2.18. The molecule has 0 bridgehead atoms. The van der Waals surface area contributed by atoms with E-state index in [0.29, 0.717) is 11.7 Å². The number of aromatic nitrogens is 4. The molecular weight excluding hydrogens is 221 g/mol. The normalized spacial score (nSPS) is 15.6. The molecule has 1 aromatic carbocycles. The molecule has 0 saturated heterocycles. The van der Waals surface area contributed by atoms with Crippen LogP contribution in [0, 0.1) is 5.82 Å². The number of nitrogens with zero attached hydrogens (tertiary/aromatic N) is 4. The van der Waals surface area contributed by atoms with Crippen molar-refractivity contribution in [1.29, 1.82) is 0 Å². The first-order valence-electron chi connectivity index (χ1n) is 5.62. The summed E-state index contributed by atoms with van der Waals surface area (Å²) in [7, 11) is 0. The maximum atomic E-state index is 13.6. The monoisotopic (exact) mass is 233 g/mol. The van der Waals surface area contributed by atoms with Crippen LogP contribution in [0.3, 0.4) is 0 Å². The van der Waals surface area contributed by atoms with Crippen LogP contribution in [-0.2, 0) is 0 Å². The van der Waals surface area contributed by atoms with Crippen LogP contribution in [0.4, 0.5) is 10.1 Å². The zero-order valence-corrected chi connectivity index (χ0v) is 9.17. The molecule has 17 heavy (non-hydrogen) atoms. The number of tetrazole rings is 1. The van der Waals surface area contributed by atoms with Gasteiger partial charge in [-0.15, -0.1) is 5.10 Å². The lowest BCUT2D eigenvalue weighted by Gasteiger charge is -2.27. The van der Waals surface area contributed by atoms with Crippen molar-refractivity contribution in [3.05, 3.63) is 30.3 Å². The van der Waals surface area contributed by atoms with Gasteiger partial charge >= 0.3 is 0 Å². The largest absolute Gasteiger partial charge is 0.380 e. The summed E-state index contributed by atoms with van der Waals surface area (Å²) in [5.74, 6) is -0.242. The van der Waals surface area contributed by atoms with Crippen LogP contribution in [0.15, 0.2) is 24.5 Å². The van der Waals surface area contributed by atoms with Crippen molar-refractivity contribution in [2.75, 3.05) is 5.32 Å². The quantitative estimate of drug-likeness (QED) is 0.877. The average Bonchev–Trinajstić information content (AvgIpc) is 2.79. The summed E-state index contributed by atoms with van der Waals surface area (Å²) in [5.41, 5.74) is 1.26. The summed E-state index contributed by atoms with van der Waals surface area (Å²) < 4.78 is 15.1. The molecule has 0 aliphatic heterocycles. The number of hydrogen-bond acceptors (Lipinski definition) is 4. The van der Waals surface area contributed by atoms with Gasteiger partial charge in [0, 0.05) is 6.04 Å². The van der Waals surface area contributed by atoms with Crippen molar-refractivity contribution >= 4 is 5.69 Å². The molecule has 0 radical (unpaired) electrons. The van der Waals surface area contributed by atoms with Gasteiger partial charge in [-0.2, -0.15) is 0 Å². The second-order valence-corrected chi connectivity index (χ2v) is 4.19. The molecule has 1 fully saturated rings. The molecule has 1 aliphatic carbocycles. The van der Waals surface area contributed by atoms with E-state index in [-0.39, 0.29) is 5.82 Å². The minimum atomic E-state index is -0.242. The van der Waals surface area contributed by atoms with E-state index in [4.69, 9.17) is 0 Å². The molecule has 5 nitrogen and oxygen atoms in total. The number of benzene rings is 1. The van der Waals surface area contributed by atoms with E-state index in [2.05, 4.69) is 20.8 Å². The number of nitrogens with one attached hydrogen (secondary N) is 1. The average molecular weight is 233 g/mol. The van der Waals surface area contributed by atoms with Crippen LogP contribution < -0.4 is 5.32 Å². The Kier molecular flexibility index (Phi) is 2.47. The highest BCUT2D eigenvalue weighted by molar-refractivity contribution is 5.52. The zero-order valence-electron chi connectivity index (χ0n) is 9.17. The van der Waals surface area contributed by atoms with Crippen molar-refractivity contribution in [3.63, 3.8) is 0 Å². The summed E-state index contributed by atoms with van der Waals surface area (Å²) in [6.07, 6.45) is 4.91. The molecule has 1 aromatic heterocycles. The van der Waals surface area contributed by atoms with E-state index >= 15 is 0 Å². The van der Waals surface area contributed by atoms with Crippen molar-refractivity contribution in [3.8, 4) is 5.69 Å². The van der Waals surface area contributed by atoms with Crippen molar-refractivity contribution in [2.45, 2.75) is 25.3 Å².